The first-order chi connectivity index (χ1) is 10.1. The van der Waals surface area contributed by atoms with Crippen molar-refractivity contribution in [1.29, 1.82) is 0 Å². The molecule has 0 saturated carbocycles. The van der Waals surface area contributed by atoms with E-state index in [0.29, 0.717) is 10.9 Å². The molecule has 0 saturated heterocycles. The number of aliphatic hydroxyl groups is 1. The molecule has 0 aliphatic heterocycles. The molecule has 1 atom stereocenters. The molecule has 0 bridgehead atoms. The van der Waals surface area contributed by atoms with Crippen LogP contribution in [0.15, 0.2) is 35.4 Å². The van der Waals surface area contributed by atoms with Crippen molar-refractivity contribution >= 4 is 20.9 Å². The van der Waals surface area contributed by atoms with Crippen LogP contribution in [-0.4, -0.2) is 30.7 Å². The zero-order valence-electron chi connectivity index (χ0n) is 13.3. The Morgan fingerprint density at radius 2 is 2.00 bits per heavy atom. The number of benzene rings is 1. The molecule has 0 radical (unpaired) electrons. The summed E-state index contributed by atoms with van der Waals surface area (Å²) >= 11 is 0. The molecule has 0 amide bonds. The second kappa shape index (κ2) is 5.95. The zero-order valence-corrected chi connectivity index (χ0v) is 14.1. The summed E-state index contributed by atoms with van der Waals surface area (Å²) in [7, 11) is -3.72. The number of hydrogen-bond acceptors (Lipinski definition) is 4. The Kier molecular flexibility index (Phi) is 4.56. The maximum atomic E-state index is 12.6. The molecular formula is C16H22N2O3S. The molecule has 2 rings (SSSR count). The Labute approximate surface area is 131 Å². The van der Waals surface area contributed by atoms with Gasteiger partial charge in [0, 0.05) is 18.1 Å². The van der Waals surface area contributed by atoms with Crippen LogP contribution in [0.4, 0.5) is 0 Å². The minimum absolute atomic E-state index is 0.0391. The summed E-state index contributed by atoms with van der Waals surface area (Å²) in [4.78, 5) is 4.43. The number of fused-ring (bicyclic) bond motifs is 1. The molecule has 1 heterocycles. The molecule has 1 aromatic carbocycles. The monoisotopic (exact) mass is 322 g/mol. The second-order valence-electron chi connectivity index (χ2n) is 6.12. The Morgan fingerprint density at radius 1 is 1.32 bits per heavy atom. The Hall–Kier alpha value is -1.50. The van der Waals surface area contributed by atoms with Crippen molar-refractivity contribution in [3.8, 4) is 0 Å². The smallest absolute Gasteiger partial charge is 0.241 e. The normalized spacial score (nSPS) is 15.2. The van der Waals surface area contributed by atoms with E-state index < -0.39 is 15.6 Å². The molecule has 5 nitrogen and oxygen atoms in total. The molecule has 1 aromatic heterocycles. The van der Waals surface area contributed by atoms with Gasteiger partial charge < -0.3 is 5.11 Å². The fraction of sp³-hybridized carbons (Fsp3) is 0.438. The SMILES string of the molecule is Cc1ccc(S(=O)(=O)NCC(C)(O)C(C)C)c2cccnc12. The standard InChI is InChI=1S/C16H22N2O3S/c1-11(2)16(4,19)10-18-22(20,21)14-8-7-12(3)15-13(14)6-5-9-17-15/h5-9,11,18-19H,10H2,1-4H3. The van der Waals surface area contributed by atoms with Crippen LogP contribution in [0.25, 0.3) is 10.9 Å². The highest BCUT2D eigenvalue weighted by molar-refractivity contribution is 7.89. The summed E-state index contributed by atoms with van der Waals surface area (Å²) in [5, 5.41) is 10.8. The van der Waals surface area contributed by atoms with E-state index in [2.05, 4.69) is 9.71 Å². The summed E-state index contributed by atoms with van der Waals surface area (Å²) in [6, 6.07) is 6.77. The summed E-state index contributed by atoms with van der Waals surface area (Å²) in [6.07, 6.45) is 1.64. The topological polar surface area (TPSA) is 79.3 Å². The summed E-state index contributed by atoms with van der Waals surface area (Å²) in [5.41, 5.74) is 0.482. The molecule has 0 spiro atoms. The quantitative estimate of drug-likeness (QED) is 0.885. The van der Waals surface area contributed by atoms with Crippen LogP contribution in [0.1, 0.15) is 26.3 Å². The molecule has 0 fully saturated rings. The highest BCUT2D eigenvalue weighted by atomic mass is 32.2. The van der Waals surface area contributed by atoms with E-state index in [1.807, 2.05) is 20.8 Å². The minimum atomic E-state index is -3.72. The molecule has 2 aromatic rings. The second-order valence-corrected chi connectivity index (χ2v) is 7.85. The third kappa shape index (κ3) is 3.29. The predicted molar refractivity (Wildman–Crippen MR) is 87.1 cm³/mol. The first-order valence-corrected chi connectivity index (χ1v) is 8.70. The summed E-state index contributed by atoms with van der Waals surface area (Å²) in [6.45, 7) is 7.17. The van der Waals surface area contributed by atoms with Gasteiger partial charge >= 0.3 is 0 Å². The first-order valence-electron chi connectivity index (χ1n) is 7.21. The van der Waals surface area contributed by atoms with E-state index in [1.54, 1.807) is 37.4 Å². The van der Waals surface area contributed by atoms with Crippen molar-refractivity contribution in [2.24, 2.45) is 5.92 Å². The Bertz CT molecular complexity index is 783. The maximum absolute atomic E-state index is 12.6. The van der Waals surface area contributed by atoms with Gasteiger partial charge in [-0.1, -0.05) is 19.9 Å². The predicted octanol–water partition coefficient (Wildman–Crippen LogP) is 2.23. The van der Waals surface area contributed by atoms with Crippen LogP contribution in [0, 0.1) is 12.8 Å². The van der Waals surface area contributed by atoms with Gasteiger partial charge in [0.15, 0.2) is 0 Å². The van der Waals surface area contributed by atoms with E-state index in [0.717, 1.165) is 5.56 Å². The number of sulfonamides is 1. The zero-order chi connectivity index (χ0) is 16.5. The molecule has 2 N–H and O–H groups in total. The number of hydrogen-bond donors (Lipinski definition) is 2. The van der Waals surface area contributed by atoms with Crippen molar-refractivity contribution in [3.63, 3.8) is 0 Å². The van der Waals surface area contributed by atoms with Crippen LogP contribution in [-0.2, 0) is 10.0 Å². The summed E-state index contributed by atoms with van der Waals surface area (Å²) < 4.78 is 27.7. The fourth-order valence-corrected chi connectivity index (χ4v) is 3.38. The van der Waals surface area contributed by atoms with Gasteiger partial charge in [-0.3, -0.25) is 4.98 Å². The van der Waals surface area contributed by atoms with Crippen molar-refractivity contribution in [3.05, 3.63) is 36.0 Å². The highest BCUT2D eigenvalue weighted by Crippen LogP contribution is 2.24. The average molecular weight is 322 g/mol. The lowest BCUT2D eigenvalue weighted by atomic mass is 9.93. The molecular weight excluding hydrogens is 300 g/mol. The molecule has 22 heavy (non-hydrogen) atoms. The van der Waals surface area contributed by atoms with Gasteiger partial charge in [-0.15, -0.1) is 0 Å². The number of pyridine rings is 1. The molecule has 120 valence electrons. The van der Waals surface area contributed by atoms with E-state index >= 15 is 0 Å². The molecule has 0 aliphatic carbocycles. The third-order valence-corrected chi connectivity index (χ3v) is 5.54. The van der Waals surface area contributed by atoms with Crippen LogP contribution in [0.3, 0.4) is 0 Å². The van der Waals surface area contributed by atoms with Gasteiger partial charge in [0.05, 0.1) is 16.0 Å². The lowest BCUT2D eigenvalue weighted by molar-refractivity contribution is 0.0190. The van der Waals surface area contributed by atoms with Crippen molar-refractivity contribution in [1.82, 2.24) is 9.71 Å². The van der Waals surface area contributed by atoms with Crippen molar-refractivity contribution < 1.29 is 13.5 Å². The van der Waals surface area contributed by atoms with Crippen LogP contribution < -0.4 is 4.72 Å². The number of nitrogens with one attached hydrogen (secondary N) is 1. The van der Waals surface area contributed by atoms with Gasteiger partial charge in [0.2, 0.25) is 10.0 Å². The van der Waals surface area contributed by atoms with E-state index in [-0.39, 0.29) is 17.4 Å². The number of rotatable bonds is 5. The van der Waals surface area contributed by atoms with Crippen molar-refractivity contribution in [2.45, 2.75) is 38.2 Å². The van der Waals surface area contributed by atoms with Crippen LogP contribution >= 0.6 is 0 Å². The number of aryl methyl sites for hydroxylation is 1. The van der Waals surface area contributed by atoms with Gasteiger partial charge in [-0.05, 0) is 43.5 Å². The highest BCUT2D eigenvalue weighted by Gasteiger charge is 2.28. The Morgan fingerprint density at radius 3 is 2.64 bits per heavy atom. The van der Waals surface area contributed by atoms with Crippen molar-refractivity contribution in [2.75, 3.05) is 6.54 Å². The van der Waals surface area contributed by atoms with Gasteiger partial charge in [0.25, 0.3) is 0 Å². The van der Waals surface area contributed by atoms with E-state index in [1.165, 1.54) is 0 Å². The van der Waals surface area contributed by atoms with Gasteiger partial charge in [-0.2, -0.15) is 0 Å². The summed E-state index contributed by atoms with van der Waals surface area (Å²) in [5.74, 6) is -0.0633. The number of nitrogens with zero attached hydrogens (tertiary/aromatic N) is 1. The van der Waals surface area contributed by atoms with Gasteiger partial charge in [-0.25, -0.2) is 13.1 Å². The van der Waals surface area contributed by atoms with E-state index in [9.17, 15) is 13.5 Å². The minimum Gasteiger partial charge on any atom is -0.389 e. The fourth-order valence-electron chi connectivity index (χ4n) is 2.05. The third-order valence-electron chi connectivity index (χ3n) is 4.08. The average Bonchev–Trinajstić information content (AvgIpc) is 2.46. The van der Waals surface area contributed by atoms with Crippen LogP contribution in [0.2, 0.25) is 0 Å². The molecule has 1 unspecified atom stereocenters. The Balaban J connectivity index is 2.41. The number of aromatic nitrogens is 1. The largest absolute Gasteiger partial charge is 0.389 e. The maximum Gasteiger partial charge on any atom is 0.241 e. The lowest BCUT2D eigenvalue weighted by Crippen LogP contribution is -2.44. The first kappa shape index (κ1) is 16.9. The lowest BCUT2D eigenvalue weighted by Gasteiger charge is -2.27. The molecule has 6 heteroatoms. The van der Waals surface area contributed by atoms with E-state index in [4.69, 9.17) is 0 Å². The van der Waals surface area contributed by atoms with Gasteiger partial charge in [0.1, 0.15) is 0 Å². The van der Waals surface area contributed by atoms with Crippen LogP contribution in [0.5, 0.6) is 0 Å². The molecule has 0 aliphatic rings.